The highest BCUT2D eigenvalue weighted by molar-refractivity contribution is 5.62. The summed E-state index contributed by atoms with van der Waals surface area (Å²) in [4.78, 5) is 29.6. The molecule has 0 saturated heterocycles. The third kappa shape index (κ3) is 5.48. The average molecular weight is 437 g/mol. The molecule has 0 atom stereocenters. The number of aromatic nitrogens is 2. The van der Waals surface area contributed by atoms with Gasteiger partial charge in [0.05, 0.1) is 13.2 Å². The molecule has 2 aromatic carbocycles. The summed E-state index contributed by atoms with van der Waals surface area (Å²) < 4.78 is 6.66. The van der Waals surface area contributed by atoms with E-state index in [1.54, 1.807) is 7.11 Å². The van der Waals surface area contributed by atoms with Crippen molar-refractivity contribution in [2.45, 2.75) is 39.3 Å². The van der Waals surface area contributed by atoms with Crippen LogP contribution in [0.25, 0.3) is 0 Å². The van der Waals surface area contributed by atoms with E-state index in [-0.39, 0.29) is 23.5 Å². The molecule has 3 N–H and O–H groups in total. The Morgan fingerprint density at radius 3 is 2.25 bits per heavy atom. The minimum atomic E-state index is -0.527. The SMILES string of the molecule is COCCN(Cc1ccc(C(C)(C)C)cc1)c1c(N)n(Cc2ccccc2)c(=O)[nH]c1=O. The number of nitrogens with zero attached hydrogens (tertiary/aromatic N) is 2. The van der Waals surface area contributed by atoms with Crippen LogP contribution >= 0.6 is 0 Å². The lowest BCUT2D eigenvalue weighted by atomic mass is 9.87. The molecule has 0 unspecified atom stereocenters. The van der Waals surface area contributed by atoms with Gasteiger partial charge in [0.15, 0.2) is 0 Å². The number of aromatic amines is 1. The molecule has 0 spiro atoms. The van der Waals surface area contributed by atoms with Gasteiger partial charge >= 0.3 is 5.69 Å². The zero-order valence-corrected chi connectivity index (χ0v) is 19.2. The van der Waals surface area contributed by atoms with E-state index in [2.05, 4.69) is 50.0 Å². The molecule has 0 bridgehead atoms. The number of hydrogen-bond donors (Lipinski definition) is 2. The summed E-state index contributed by atoms with van der Waals surface area (Å²) in [6.07, 6.45) is 0. The number of rotatable bonds is 8. The lowest BCUT2D eigenvalue weighted by Gasteiger charge is -2.26. The zero-order chi connectivity index (χ0) is 23.3. The molecule has 0 aliphatic carbocycles. The third-order valence-corrected chi connectivity index (χ3v) is 5.47. The number of nitrogens with two attached hydrogens (primary N) is 1. The van der Waals surface area contributed by atoms with Crippen LogP contribution in [0, 0.1) is 0 Å². The molecule has 0 amide bonds. The summed E-state index contributed by atoms with van der Waals surface area (Å²) >= 11 is 0. The maximum absolute atomic E-state index is 12.8. The molecule has 1 heterocycles. The molecule has 0 fully saturated rings. The molecule has 0 aliphatic rings. The molecular weight excluding hydrogens is 404 g/mol. The number of nitrogens with one attached hydrogen (secondary N) is 1. The summed E-state index contributed by atoms with van der Waals surface area (Å²) in [6, 6.07) is 17.9. The highest BCUT2D eigenvalue weighted by Gasteiger charge is 2.20. The third-order valence-electron chi connectivity index (χ3n) is 5.47. The Morgan fingerprint density at radius 1 is 1.00 bits per heavy atom. The van der Waals surface area contributed by atoms with Crippen molar-refractivity contribution >= 4 is 11.5 Å². The molecular formula is C25H32N4O3. The van der Waals surface area contributed by atoms with Crippen LogP contribution in [-0.2, 0) is 23.2 Å². The van der Waals surface area contributed by atoms with E-state index in [9.17, 15) is 9.59 Å². The Morgan fingerprint density at radius 2 is 1.66 bits per heavy atom. The minimum Gasteiger partial charge on any atom is -0.383 e. The summed E-state index contributed by atoms with van der Waals surface area (Å²) in [5.41, 5.74) is 8.89. The van der Waals surface area contributed by atoms with E-state index in [4.69, 9.17) is 10.5 Å². The number of methoxy groups -OCH3 is 1. The molecule has 0 aliphatic heterocycles. The zero-order valence-electron chi connectivity index (χ0n) is 19.2. The first-order valence-electron chi connectivity index (χ1n) is 10.7. The second kappa shape index (κ2) is 9.87. The van der Waals surface area contributed by atoms with Gasteiger partial charge in [-0.05, 0) is 22.1 Å². The number of benzene rings is 2. The Labute approximate surface area is 188 Å². The van der Waals surface area contributed by atoms with E-state index in [0.29, 0.717) is 19.7 Å². The van der Waals surface area contributed by atoms with E-state index in [0.717, 1.165) is 11.1 Å². The van der Waals surface area contributed by atoms with Crippen molar-refractivity contribution in [2.75, 3.05) is 30.9 Å². The highest BCUT2D eigenvalue weighted by atomic mass is 16.5. The number of hydrogen-bond acceptors (Lipinski definition) is 5. The van der Waals surface area contributed by atoms with Crippen LogP contribution in [0.2, 0.25) is 0 Å². The Bertz CT molecular complexity index is 1140. The van der Waals surface area contributed by atoms with E-state index < -0.39 is 11.2 Å². The van der Waals surface area contributed by atoms with Crippen LogP contribution in [0.15, 0.2) is 64.2 Å². The molecule has 170 valence electrons. The van der Waals surface area contributed by atoms with E-state index in [1.807, 2.05) is 35.2 Å². The lowest BCUT2D eigenvalue weighted by Crippen LogP contribution is -2.39. The van der Waals surface area contributed by atoms with Crippen LogP contribution < -0.4 is 21.9 Å². The average Bonchev–Trinajstić information content (AvgIpc) is 2.75. The Kier molecular flexibility index (Phi) is 7.20. The van der Waals surface area contributed by atoms with E-state index in [1.165, 1.54) is 10.1 Å². The van der Waals surface area contributed by atoms with Gasteiger partial charge in [-0.1, -0.05) is 75.4 Å². The fraction of sp³-hybridized carbons (Fsp3) is 0.360. The molecule has 3 rings (SSSR count). The van der Waals surface area contributed by atoms with Gasteiger partial charge < -0.3 is 15.4 Å². The van der Waals surface area contributed by atoms with Crippen LogP contribution in [0.5, 0.6) is 0 Å². The molecule has 7 heteroatoms. The second-order valence-corrected chi connectivity index (χ2v) is 8.93. The van der Waals surface area contributed by atoms with Crippen LogP contribution in [0.1, 0.15) is 37.5 Å². The Balaban J connectivity index is 1.99. The van der Waals surface area contributed by atoms with Gasteiger partial charge in [-0.2, -0.15) is 0 Å². The summed E-state index contributed by atoms with van der Waals surface area (Å²) in [5, 5.41) is 0. The fourth-order valence-corrected chi connectivity index (χ4v) is 3.61. The van der Waals surface area contributed by atoms with Crippen molar-refractivity contribution in [1.29, 1.82) is 0 Å². The molecule has 3 aromatic rings. The van der Waals surface area contributed by atoms with Gasteiger partial charge in [0.25, 0.3) is 5.56 Å². The van der Waals surface area contributed by atoms with Crippen molar-refractivity contribution in [3.63, 3.8) is 0 Å². The minimum absolute atomic E-state index is 0.0583. The summed E-state index contributed by atoms with van der Waals surface area (Å²) in [5.74, 6) is 0.144. The predicted molar refractivity (Wildman–Crippen MR) is 129 cm³/mol. The first-order chi connectivity index (χ1) is 15.2. The lowest BCUT2D eigenvalue weighted by molar-refractivity contribution is 0.205. The molecule has 1 aromatic heterocycles. The maximum atomic E-state index is 12.8. The number of nitrogen functional groups attached to an aromatic ring is 1. The van der Waals surface area contributed by atoms with Crippen molar-refractivity contribution in [2.24, 2.45) is 0 Å². The Hall–Kier alpha value is -3.32. The topological polar surface area (TPSA) is 93.3 Å². The predicted octanol–water partition coefficient (Wildman–Crippen LogP) is 3.12. The maximum Gasteiger partial charge on any atom is 0.330 e. The quantitative estimate of drug-likeness (QED) is 0.566. The number of anilines is 2. The van der Waals surface area contributed by atoms with E-state index >= 15 is 0 Å². The van der Waals surface area contributed by atoms with Gasteiger partial charge in [0.1, 0.15) is 11.5 Å². The van der Waals surface area contributed by atoms with Crippen molar-refractivity contribution in [3.8, 4) is 0 Å². The smallest absolute Gasteiger partial charge is 0.330 e. The molecule has 7 nitrogen and oxygen atoms in total. The first-order valence-corrected chi connectivity index (χ1v) is 10.7. The summed E-state index contributed by atoms with van der Waals surface area (Å²) in [7, 11) is 1.61. The first kappa shape index (κ1) is 23.3. The highest BCUT2D eigenvalue weighted by Crippen LogP contribution is 2.24. The monoisotopic (exact) mass is 436 g/mol. The molecule has 32 heavy (non-hydrogen) atoms. The molecule has 0 radical (unpaired) electrons. The standard InChI is InChI=1S/C25H32N4O3/c1-25(2,3)20-12-10-19(11-13-20)16-28(14-15-32-4)21-22(26)29(24(31)27-23(21)30)17-18-8-6-5-7-9-18/h5-13H,14-17,26H2,1-4H3,(H,27,30,31). The van der Waals surface area contributed by atoms with Crippen molar-refractivity contribution < 1.29 is 4.74 Å². The largest absolute Gasteiger partial charge is 0.383 e. The van der Waals surface area contributed by atoms with Crippen LogP contribution in [-0.4, -0.2) is 29.8 Å². The van der Waals surface area contributed by atoms with Gasteiger partial charge in [-0.25, -0.2) is 4.79 Å². The second-order valence-electron chi connectivity index (χ2n) is 8.93. The van der Waals surface area contributed by atoms with Gasteiger partial charge in [-0.15, -0.1) is 0 Å². The van der Waals surface area contributed by atoms with Gasteiger partial charge in [0.2, 0.25) is 0 Å². The summed E-state index contributed by atoms with van der Waals surface area (Å²) in [6.45, 7) is 8.11. The van der Waals surface area contributed by atoms with Crippen LogP contribution in [0.3, 0.4) is 0 Å². The van der Waals surface area contributed by atoms with Crippen LogP contribution in [0.4, 0.5) is 11.5 Å². The fourth-order valence-electron chi connectivity index (χ4n) is 3.61. The molecule has 0 saturated carbocycles. The van der Waals surface area contributed by atoms with Gasteiger partial charge in [0, 0.05) is 20.2 Å². The number of ether oxygens (including phenoxy) is 1. The number of H-pyrrole nitrogens is 1. The van der Waals surface area contributed by atoms with Gasteiger partial charge in [-0.3, -0.25) is 14.3 Å². The normalized spacial score (nSPS) is 11.5. The van der Waals surface area contributed by atoms with Crippen molar-refractivity contribution in [3.05, 3.63) is 92.1 Å². The van der Waals surface area contributed by atoms with Crippen molar-refractivity contribution in [1.82, 2.24) is 9.55 Å².